The molecule has 0 saturated carbocycles. The summed E-state index contributed by atoms with van der Waals surface area (Å²) in [6.07, 6.45) is 4.75. The first kappa shape index (κ1) is 14.2. The Hall–Kier alpha value is -2.76. The Morgan fingerprint density at radius 2 is 2.23 bits per heavy atom. The van der Waals surface area contributed by atoms with Gasteiger partial charge in [0.05, 0.1) is 23.8 Å². The normalized spacial score (nSPS) is 12.0. The number of aryl methyl sites for hydroxylation is 1. The summed E-state index contributed by atoms with van der Waals surface area (Å²) in [7, 11) is 1.91. The van der Waals surface area contributed by atoms with Crippen LogP contribution < -0.4 is 5.32 Å². The van der Waals surface area contributed by atoms with E-state index in [1.54, 1.807) is 18.5 Å². The number of benzene rings is 1. The van der Waals surface area contributed by atoms with E-state index in [2.05, 4.69) is 15.3 Å². The number of rotatable bonds is 4. The topological polar surface area (TPSA) is 66.6 Å². The van der Waals surface area contributed by atoms with E-state index in [1.165, 1.54) is 18.3 Å². The van der Waals surface area contributed by atoms with Gasteiger partial charge in [0.1, 0.15) is 17.2 Å². The minimum atomic E-state index is -0.285. The summed E-state index contributed by atoms with van der Waals surface area (Å²) in [6, 6.07) is 4.57. The molecule has 2 heterocycles. The molecular formula is C16H16FN5. The number of halogens is 1. The van der Waals surface area contributed by atoms with Crippen molar-refractivity contribution in [2.45, 2.75) is 13.5 Å². The second-order valence-electron chi connectivity index (χ2n) is 5.15. The lowest BCUT2D eigenvalue weighted by atomic mass is 10.2. The zero-order valence-corrected chi connectivity index (χ0v) is 12.4. The first-order chi connectivity index (χ1) is 10.6. The van der Waals surface area contributed by atoms with E-state index in [-0.39, 0.29) is 5.82 Å². The van der Waals surface area contributed by atoms with Gasteiger partial charge in [-0.3, -0.25) is 4.98 Å². The lowest BCUT2D eigenvalue weighted by molar-refractivity contribution is 0.629. The summed E-state index contributed by atoms with van der Waals surface area (Å²) in [6.45, 7) is 2.36. The summed E-state index contributed by atoms with van der Waals surface area (Å²) in [5, 5.41) is 11.0. The molecule has 0 bridgehead atoms. The molecule has 112 valence electrons. The van der Waals surface area contributed by atoms with Crippen LogP contribution in [0.15, 0.2) is 36.2 Å². The highest BCUT2D eigenvalue weighted by Gasteiger charge is 2.11. The van der Waals surface area contributed by atoms with Crippen LogP contribution in [0.3, 0.4) is 0 Å². The maximum absolute atomic E-state index is 13.5. The Balaban J connectivity index is 2.07. The minimum absolute atomic E-state index is 0.285. The van der Waals surface area contributed by atoms with Crippen molar-refractivity contribution in [1.29, 1.82) is 5.41 Å². The van der Waals surface area contributed by atoms with E-state index in [1.807, 2.05) is 18.5 Å². The summed E-state index contributed by atoms with van der Waals surface area (Å²) in [5.41, 5.74) is 3.18. The van der Waals surface area contributed by atoms with Crippen molar-refractivity contribution in [1.82, 2.24) is 19.9 Å². The third kappa shape index (κ3) is 2.43. The first-order valence-corrected chi connectivity index (χ1v) is 6.90. The van der Waals surface area contributed by atoms with Gasteiger partial charge in [-0.05, 0) is 30.7 Å². The molecule has 0 spiro atoms. The molecule has 0 saturated heterocycles. The fourth-order valence-electron chi connectivity index (χ4n) is 2.42. The average molecular weight is 297 g/mol. The molecule has 6 heteroatoms. The summed E-state index contributed by atoms with van der Waals surface area (Å²) in [5.74, 6) is 0.537. The molecule has 0 aliphatic rings. The van der Waals surface area contributed by atoms with Gasteiger partial charge in [-0.2, -0.15) is 0 Å². The van der Waals surface area contributed by atoms with Crippen molar-refractivity contribution in [3.63, 3.8) is 0 Å². The van der Waals surface area contributed by atoms with Crippen molar-refractivity contribution >= 4 is 28.2 Å². The van der Waals surface area contributed by atoms with Crippen LogP contribution in [0.2, 0.25) is 0 Å². The van der Waals surface area contributed by atoms with Crippen molar-refractivity contribution in [3.8, 4) is 0 Å². The van der Waals surface area contributed by atoms with Gasteiger partial charge in [0.25, 0.3) is 0 Å². The van der Waals surface area contributed by atoms with Gasteiger partial charge < -0.3 is 15.3 Å². The van der Waals surface area contributed by atoms with Crippen LogP contribution in [-0.4, -0.2) is 20.7 Å². The van der Waals surface area contributed by atoms with Gasteiger partial charge in [-0.25, -0.2) is 9.37 Å². The highest BCUT2D eigenvalue weighted by molar-refractivity contribution is 6.02. The van der Waals surface area contributed by atoms with Gasteiger partial charge >= 0.3 is 0 Å². The van der Waals surface area contributed by atoms with E-state index in [4.69, 9.17) is 5.41 Å². The lowest BCUT2D eigenvalue weighted by Crippen LogP contribution is -2.10. The van der Waals surface area contributed by atoms with Crippen LogP contribution in [0, 0.1) is 11.2 Å². The molecule has 5 nitrogen and oxygen atoms in total. The van der Waals surface area contributed by atoms with E-state index < -0.39 is 0 Å². The first-order valence-electron chi connectivity index (χ1n) is 6.90. The van der Waals surface area contributed by atoms with Crippen LogP contribution >= 0.6 is 0 Å². The summed E-state index contributed by atoms with van der Waals surface area (Å²) >= 11 is 0. The molecule has 0 fully saturated rings. The number of imidazole rings is 1. The summed E-state index contributed by atoms with van der Waals surface area (Å²) in [4.78, 5) is 8.87. The monoisotopic (exact) mass is 297 g/mol. The van der Waals surface area contributed by atoms with Crippen molar-refractivity contribution in [2.24, 2.45) is 7.05 Å². The van der Waals surface area contributed by atoms with E-state index in [0.717, 1.165) is 33.3 Å². The number of nitrogens with one attached hydrogen (secondary N) is 2. The highest BCUT2D eigenvalue weighted by atomic mass is 19.1. The van der Waals surface area contributed by atoms with E-state index in [0.29, 0.717) is 6.54 Å². The Kier molecular flexibility index (Phi) is 3.58. The number of nitrogens with zero attached hydrogens (tertiary/aromatic N) is 3. The maximum atomic E-state index is 13.5. The predicted molar refractivity (Wildman–Crippen MR) is 85.4 cm³/mol. The molecule has 3 aromatic rings. The van der Waals surface area contributed by atoms with Crippen molar-refractivity contribution in [2.75, 3.05) is 0 Å². The molecule has 2 N–H and O–H groups in total. The Bertz CT molecular complexity index is 894. The van der Waals surface area contributed by atoms with Crippen LogP contribution in [0.1, 0.15) is 12.7 Å². The zero-order valence-electron chi connectivity index (χ0n) is 12.4. The van der Waals surface area contributed by atoms with Gasteiger partial charge in [0.2, 0.25) is 0 Å². The zero-order chi connectivity index (χ0) is 15.7. The molecule has 0 aliphatic carbocycles. The van der Waals surface area contributed by atoms with Gasteiger partial charge in [-0.15, -0.1) is 0 Å². The number of hydrogen-bond donors (Lipinski definition) is 2. The molecular weight excluding hydrogens is 281 g/mol. The van der Waals surface area contributed by atoms with Crippen LogP contribution in [0.25, 0.3) is 21.9 Å². The number of allylic oxidation sites excluding steroid dienone is 1. The molecule has 2 aromatic heterocycles. The fourth-order valence-corrected chi connectivity index (χ4v) is 2.42. The smallest absolute Gasteiger partial charge is 0.129 e. The average Bonchev–Trinajstić information content (AvgIpc) is 2.84. The molecule has 1 aromatic carbocycles. The van der Waals surface area contributed by atoms with E-state index >= 15 is 0 Å². The third-order valence-corrected chi connectivity index (χ3v) is 3.57. The highest BCUT2D eigenvalue weighted by Crippen LogP contribution is 2.24. The standard InChI is InChI=1S/C16H16FN5/c1-10(6-18)7-19-9-15-21-14-8-20-13-4-3-11(17)5-12(13)16(14)22(15)2/h3-8,18-19H,9H2,1-2H3/b10-7-,18-6?. The number of aromatic nitrogens is 3. The number of hydrogen-bond acceptors (Lipinski definition) is 4. The van der Waals surface area contributed by atoms with Crippen molar-refractivity contribution < 1.29 is 4.39 Å². The minimum Gasteiger partial charge on any atom is -0.383 e. The number of pyridine rings is 1. The van der Waals surface area contributed by atoms with Crippen LogP contribution in [0.4, 0.5) is 4.39 Å². The lowest BCUT2D eigenvalue weighted by Gasteiger charge is -2.04. The largest absolute Gasteiger partial charge is 0.383 e. The Morgan fingerprint density at radius 3 is 3.00 bits per heavy atom. The Morgan fingerprint density at radius 1 is 1.41 bits per heavy atom. The van der Waals surface area contributed by atoms with Crippen LogP contribution in [-0.2, 0) is 13.6 Å². The van der Waals surface area contributed by atoms with Gasteiger partial charge in [0, 0.05) is 24.8 Å². The number of fused-ring (bicyclic) bond motifs is 3. The predicted octanol–water partition coefficient (Wildman–Crippen LogP) is 2.90. The fraction of sp³-hybridized carbons (Fsp3) is 0.188. The second kappa shape index (κ2) is 5.55. The molecule has 0 unspecified atom stereocenters. The molecule has 0 aliphatic heterocycles. The van der Waals surface area contributed by atoms with Gasteiger partial charge in [0.15, 0.2) is 0 Å². The quantitative estimate of drug-likeness (QED) is 0.728. The van der Waals surface area contributed by atoms with Crippen molar-refractivity contribution in [3.05, 3.63) is 47.8 Å². The maximum Gasteiger partial charge on any atom is 0.129 e. The molecule has 22 heavy (non-hydrogen) atoms. The third-order valence-electron chi connectivity index (χ3n) is 3.57. The van der Waals surface area contributed by atoms with Crippen LogP contribution in [0.5, 0.6) is 0 Å². The summed E-state index contributed by atoms with van der Waals surface area (Å²) < 4.78 is 15.5. The molecule has 0 atom stereocenters. The second-order valence-corrected chi connectivity index (χ2v) is 5.15. The molecule has 0 radical (unpaired) electrons. The SMILES string of the molecule is C/C(C=N)=C/NCc1nc2cnc3ccc(F)cc3c2n1C. The molecule has 0 amide bonds. The Labute approximate surface area is 127 Å². The molecule has 3 rings (SSSR count). The van der Waals surface area contributed by atoms with E-state index in [9.17, 15) is 4.39 Å². The van der Waals surface area contributed by atoms with Gasteiger partial charge in [-0.1, -0.05) is 0 Å².